The minimum absolute atomic E-state index is 0.0104. The molecule has 0 unspecified atom stereocenters. The van der Waals surface area contributed by atoms with Crippen LogP contribution in [0, 0.1) is 0 Å². The first kappa shape index (κ1) is 10.5. The van der Waals surface area contributed by atoms with Gasteiger partial charge in [-0.05, 0) is 25.7 Å². The molecule has 2 rings (SSSR count). The van der Waals surface area contributed by atoms with Crippen LogP contribution < -0.4 is 10.6 Å². The van der Waals surface area contributed by atoms with Gasteiger partial charge in [-0.25, -0.2) is 0 Å². The molecule has 0 spiro atoms. The molecule has 2 N–H and O–H groups in total. The van der Waals surface area contributed by atoms with E-state index in [0.29, 0.717) is 11.9 Å². The number of amides is 1. The highest BCUT2D eigenvalue weighted by molar-refractivity contribution is 6.37. The smallest absolute Gasteiger partial charge is 0.286 e. The second kappa shape index (κ2) is 5.14. The average Bonchev–Trinajstić information content (AvgIpc) is 2.58. The van der Waals surface area contributed by atoms with Crippen molar-refractivity contribution in [3.05, 3.63) is 0 Å². The molecule has 1 fully saturated rings. The van der Waals surface area contributed by atoms with Crippen molar-refractivity contribution in [2.75, 3.05) is 13.1 Å². The van der Waals surface area contributed by atoms with Crippen molar-refractivity contribution < 1.29 is 4.79 Å². The highest BCUT2D eigenvalue weighted by atomic mass is 16.2. The lowest BCUT2D eigenvalue weighted by molar-refractivity contribution is -0.115. The first-order valence-corrected chi connectivity index (χ1v) is 5.95. The second-order valence-electron chi connectivity index (χ2n) is 4.32. The van der Waals surface area contributed by atoms with Crippen LogP contribution in [0.3, 0.4) is 0 Å². The van der Waals surface area contributed by atoms with Gasteiger partial charge in [-0.1, -0.05) is 12.8 Å². The van der Waals surface area contributed by atoms with Gasteiger partial charge in [-0.3, -0.25) is 9.79 Å². The van der Waals surface area contributed by atoms with Crippen LogP contribution in [-0.4, -0.2) is 30.9 Å². The van der Waals surface area contributed by atoms with Crippen molar-refractivity contribution in [2.24, 2.45) is 4.99 Å². The molecule has 0 aromatic carbocycles. The minimum atomic E-state index is -0.0104. The summed E-state index contributed by atoms with van der Waals surface area (Å²) in [5.41, 5.74) is 0. The summed E-state index contributed by atoms with van der Waals surface area (Å²) in [4.78, 5) is 16.1. The Balaban J connectivity index is 1.85. The molecule has 0 saturated heterocycles. The van der Waals surface area contributed by atoms with Crippen LogP contribution in [0.4, 0.5) is 0 Å². The normalized spacial score (nSPS) is 22.8. The van der Waals surface area contributed by atoms with Crippen molar-refractivity contribution >= 4 is 11.7 Å². The molecule has 1 saturated carbocycles. The number of hydrogen-bond acceptors (Lipinski definition) is 3. The van der Waals surface area contributed by atoms with Gasteiger partial charge in [0.25, 0.3) is 5.91 Å². The number of aliphatic imine (C=N–C) groups is 1. The van der Waals surface area contributed by atoms with E-state index in [1.807, 2.05) is 0 Å². The van der Waals surface area contributed by atoms with Crippen LogP contribution in [0.25, 0.3) is 0 Å². The fraction of sp³-hybridized carbons (Fsp3) is 0.818. The van der Waals surface area contributed by atoms with E-state index in [9.17, 15) is 4.79 Å². The molecule has 2 aliphatic rings. The summed E-state index contributed by atoms with van der Waals surface area (Å²) >= 11 is 0. The number of nitrogens with zero attached hydrogens (tertiary/aromatic N) is 1. The SMILES string of the molecule is O=C(NC1CCCC1)C1=NCCCCN1. The third-order valence-corrected chi connectivity index (χ3v) is 3.05. The van der Waals surface area contributed by atoms with Crippen LogP contribution in [0.15, 0.2) is 4.99 Å². The zero-order valence-electron chi connectivity index (χ0n) is 9.09. The lowest BCUT2D eigenvalue weighted by Gasteiger charge is -2.13. The zero-order chi connectivity index (χ0) is 10.5. The Labute approximate surface area is 90.5 Å². The molecule has 0 bridgehead atoms. The third kappa shape index (κ3) is 2.94. The Morgan fingerprint density at radius 1 is 1.27 bits per heavy atom. The summed E-state index contributed by atoms with van der Waals surface area (Å²) in [7, 11) is 0. The first-order chi connectivity index (χ1) is 7.36. The van der Waals surface area contributed by atoms with E-state index in [1.54, 1.807) is 0 Å². The quantitative estimate of drug-likeness (QED) is 0.707. The Hall–Kier alpha value is -1.06. The van der Waals surface area contributed by atoms with Crippen molar-refractivity contribution in [1.82, 2.24) is 10.6 Å². The highest BCUT2D eigenvalue weighted by Gasteiger charge is 2.20. The van der Waals surface area contributed by atoms with Crippen LogP contribution in [0.2, 0.25) is 0 Å². The van der Waals surface area contributed by atoms with E-state index in [-0.39, 0.29) is 5.91 Å². The molecule has 0 atom stereocenters. The van der Waals surface area contributed by atoms with Crippen molar-refractivity contribution in [3.8, 4) is 0 Å². The van der Waals surface area contributed by atoms with E-state index in [2.05, 4.69) is 15.6 Å². The Morgan fingerprint density at radius 3 is 2.87 bits per heavy atom. The maximum atomic E-state index is 11.8. The van der Waals surface area contributed by atoms with E-state index in [1.165, 1.54) is 12.8 Å². The van der Waals surface area contributed by atoms with Gasteiger partial charge in [0.1, 0.15) is 0 Å². The third-order valence-electron chi connectivity index (χ3n) is 3.05. The molecule has 1 aliphatic heterocycles. The number of hydrogen-bond donors (Lipinski definition) is 2. The monoisotopic (exact) mass is 209 g/mol. The minimum Gasteiger partial charge on any atom is -0.366 e. The standard InChI is InChI=1S/C11H19N3O/c15-11(14-9-5-1-2-6-9)10-12-7-3-4-8-13-10/h9H,1-8H2,(H,12,13)(H,14,15). The molecule has 1 aliphatic carbocycles. The van der Waals surface area contributed by atoms with Gasteiger partial charge in [-0.2, -0.15) is 0 Å². The van der Waals surface area contributed by atoms with Crippen LogP contribution in [0.1, 0.15) is 38.5 Å². The molecule has 0 radical (unpaired) electrons. The van der Waals surface area contributed by atoms with Gasteiger partial charge in [0.2, 0.25) is 0 Å². The summed E-state index contributed by atoms with van der Waals surface area (Å²) in [5, 5.41) is 6.14. The number of carbonyl (C=O) groups excluding carboxylic acids is 1. The van der Waals surface area contributed by atoms with E-state index >= 15 is 0 Å². The van der Waals surface area contributed by atoms with Gasteiger partial charge in [0.05, 0.1) is 0 Å². The van der Waals surface area contributed by atoms with Crippen LogP contribution in [0.5, 0.6) is 0 Å². The first-order valence-electron chi connectivity index (χ1n) is 5.95. The summed E-state index contributed by atoms with van der Waals surface area (Å²) in [6.07, 6.45) is 6.91. The Kier molecular flexibility index (Phi) is 3.59. The summed E-state index contributed by atoms with van der Waals surface area (Å²) in [6.45, 7) is 1.65. The summed E-state index contributed by atoms with van der Waals surface area (Å²) in [5.74, 6) is 0.531. The lowest BCUT2D eigenvalue weighted by atomic mass is 10.2. The van der Waals surface area contributed by atoms with E-state index in [0.717, 1.165) is 38.8 Å². The van der Waals surface area contributed by atoms with Gasteiger partial charge in [0, 0.05) is 19.1 Å². The number of amidine groups is 1. The van der Waals surface area contributed by atoms with Gasteiger partial charge < -0.3 is 10.6 Å². The van der Waals surface area contributed by atoms with Crippen LogP contribution in [-0.2, 0) is 4.79 Å². The highest BCUT2D eigenvalue weighted by Crippen LogP contribution is 2.17. The number of carbonyl (C=O) groups is 1. The van der Waals surface area contributed by atoms with Crippen molar-refractivity contribution in [3.63, 3.8) is 0 Å². The molecule has 0 aromatic rings. The lowest BCUT2D eigenvalue weighted by Crippen LogP contribution is -2.43. The Bertz CT molecular complexity index is 257. The van der Waals surface area contributed by atoms with Crippen molar-refractivity contribution in [1.29, 1.82) is 0 Å². The molecular formula is C11H19N3O. The molecule has 1 amide bonds. The molecule has 84 valence electrons. The van der Waals surface area contributed by atoms with E-state index in [4.69, 9.17) is 0 Å². The molecule has 15 heavy (non-hydrogen) atoms. The Morgan fingerprint density at radius 2 is 2.07 bits per heavy atom. The van der Waals surface area contributed by atoms with E-state index < -0.39 is 0 Å². The predicted molar refractivity (Wildman–Crippen MR) is 59.9 cm³/mol. The molecular weight excluding hydrogens is 190 g/mol. The second-order valence-corrected chi connectivity index (χ2v) is 4.32. The summed E-state index contributed by atoms with van der Waals surface area (Å²) < 4.78 is 0. The topological polar surface area (TPSA) is 53.5 Å². The number of nitrogens with one attached hydrogen (secondary N) is 2. The molecule has 0 aromatic heterocycles. The molecule has 4 heteroatoms. The summed E-state index contributed by atoms with van der Waals surface area (Å²) in [6, 6.07) is 0.380. The predicted octanol–water partition coefficient (Wildman–Crippen LogP) is 0.827. The fourth-order valence-electron chi connectivity index (χ4n) is 2.17. The zero-order valence-corrected chi connectivity index (χ0v) is 9.09. The maximum Gasteiger partial charge on any atom is 0.286 e. The van der Waals surface area contributed by atoms with Crippen molar-refractivity contribution in [2.45, 2.75) is 44.6 Å². The average molecular weight is 209 g/mol. The van der Waals surface area contributed by atoms with Crippen LogP contribution >= 0.6 is 0 Å². The molecule has 4 nitrogen and oxygen atoms in total. The maximum absolute atomic E-state index is 11.8. The van der Waals surface area contributed by atoms with Gasteiger partial charge >= 0.3 is 0 Å². The fourth-order valence-corrected chi connectivity index (χ4v) is 2.17. The largest absolute Gasteiger partial charge is 0.366 e. The molecule has 1 heterocycles. The number of rotatable bonds is 2. The van der Waals surface area contributed by atoms with Gasteiger partial charge in [0.15, 0.2) is 5.84 Å². The van der Waals surface area contributed by atoms with Gasteiger partial charge in [-0.15, -0.1) is 0 Å².